The number of hydrogen-bond donors (Lipinski definition) is 3. The SMILES string of the molecule is CCNC(=NCC1(C(=O)N(C)C)CCCC1)NCC(O)c1cccc(OC(C)C)c1.I. The van der Waals surface area contributed by atoms with Gasteiger partial charge in [-0.05, 0) is 51.3 Å². The first kappa shape index (κ1) is 27.5. The van der Waals surface area contributed by atoms with Crippen LogP contribution in [0.25, 0.3) is 0 Å². The second-order valence-corrected chi connectivity index (χ2v) is 8.52. The summed E-state index contributed by atoms with van der Waals surface area (Å²) in [6.45, 7) is 7.41. The lowest BCUT2D eigenvalue weighted by Crippen LogP contribution is -2.43. The molecule has 3 N–H and O–H groups in total. The molecule has 0 heterocycles. The first-order chi connectivity index (χ1) is 14.3. The van der Waals surface area contributed by atoms with E-state index in [0.717, 1.165) is 37.0 Å². The molecule has 1 amide bonds. The number of aliphatic imine (C=N–C) groups is 1. The van der Waals surface area contributed by atoms with Crippen LogP contribution >= 0.6 is 24.0 Å². The molecule has 176 valence electrons. The van der Waals surface area contributed by atoms with E-state index < -0.39 is 11.5 Å². The van der Waals surface area contributed by atoms with Gasteiger partial charge in [-0.1, -0.05) is 25.0 Å². The third kappa shape index (κ3) is 8.14. The highest BCUT2D eigenvalue weighted by atomic mass is 127. The van der Waals surface area contributed by atoms with E-state index >= 15 is 0 Å². The standard InChI is InChI=1S/C23H38N4O3.HI/c1-6-24-22(26-16-23(12-7-8-13-23)21(29)27(4)5)25-15-20(28)18-10-9-11-19(14-18)30-17(2)3;/h9-11,14,17,20,28H,6-8,12-13,15-16H2,1-5H3,(H2,24,25,26);1H. The highest BCUT2D eigenvalue weighted by Gasteiger charge is 2.42. The van der Waals surface area contributed by atoms with Crippen LogP contribution < -0.4 is 15.4 Å². The number of ether oxygens (including phenoxy) is 1. The largest absolute Gasteiger partial charge is 0.491 e. The number of nitrogens with zero attached hydrogens (tertiary/aromatic N) is 2. The smallest absolute Gasteiger partial charge is 0.230 e. The summed E-state index contributed by atoms with van der Waals surface area (Å²) in [5.74, 6) is 1.51. The van der Waals surface area contributed by atoms with Crippen molar-refractivity contribution in [3.63, 3.8) is 0 Å². The fraction of sp³-hybridized carbons (Fsp3) is 0.652. The highest BCUT2D eigenvalue weighted by molar-refractivity contribution is 14.0. The first-order valence-electron chi connectivity index (χ1n) is 11.0. The Kier molecular flexibility index (Phi) is 11.6. The Labute approximate surface area is 204 Å². The van der Waals surface area contributed by atoms with Crippen LogP contribution in [0.4, 0.5) is 0 Å². The van der Waals surface area contributed by atoms with Gasteiger partial charge in [-0.25, -0.2) is 0 Å². The maximum Gasteiger partial charge on any atom is 0.230 e. The third-order valence-corrected chi connectivity index (χ3v) is 5.38. The molecular weight excluding hydrogens is 507 g/mol. The van der Waals surface area contributed by atoms with Gasteiger partial charge in [0.25, 0.3) is 0 Å². The lowest BCUT2D eigenvalue weighted by atomic mass is 9.85. The van der Waals surface area contributed by atoms with Gasteiger partial charge < -0.3 is 25.4 Å². The lowest BCUT2D eigenvalue weighted by molar-refractivity contribution is -0.138. The van der Waals surface area contributed by atoms with Crippen molar-refractivity contribution in [2.24, 2.45) is 10.4 Å². The van der Waals surface area contributed by atoms with Crippen molar-refractivity contribution >= 4 is 35.8 Å². The molecule has 0 aliphatic heterocycles. The van der Waals surface area contributed by atoms with Gasteiger partial charge in [-0.2, -0.15) is 0 Å². The van der Waals surface area contributed by atoms with Crippen molar-refractivity contribution in [1.82, 2.24) is 15.5 Å². The second-order valence-electron chi connectivity index (χ2n) is 8.52. The molecule has 1 unspecified atom stereocenters. The minimum absolute atomic E-state index is 0. The lowest BCUT2D eigenvalue weighted by Gasteiger charge is -2.29. The number of aliphatic hydroxyl groups excluding tert-OH is 1. The molecule has 0 spiro atoms. The van der Waals surface area contributed by atoms with Crippen LogP contribution in [0.1, 0.15) is 58.1 Å². The molecule has 7 nitrogen and oxygen atoms in total. The number of aliphatic hydroxyl groups is 1. The fourth-order valence-corrected chi connectivity index (χ4v) is 3.92. The molecule has 1 aromatic rings. The summed E-state index contributed by atoms with van der Waals surface area (Å²) in [6, 6.07) is 7.51. The average molecular weight is 546 g/mol. The van der Waals surface area contributed by atoms with Crippen molar-refractivity contribution in [2.75, 3.05) is 33.7 Å². The van der Waals surface area contributed by atoms with Crippen LogP contribution in [-0.4, -0.2) is 61.7 Å². The van der Waals surface area contributed by atoms with Crippen LogP contribution in [0.5, 0.6) is 5.75 Å². The molecule has 1 atom stereocenters. The first-order valence-corrected chi connectivity index (χ1v) is 11.0. The maximum absolute atomic E-state index is 12.8. The number of guanidine groups is 1. The quantitative estimate of drug-likeness (QED) is 0.252. The van der Waals surface area contributed by atoms with E-state index in [4.69, 9.17) is 9.73 Å². The summed E-state index contributed by atoms with van der Waals surface area (Å²) in [5, 5.41) is 17.1. The molecule has 0 radical (unpaired) electrons. The van der Waals surface area contributed by atoms with Crippen molar-refractivity contribution in [3.05, 3.63) is 29.8 Å². The van der Waals surface area contributed by atoms with E-state index in [-0.39, 0.29) is 36.0 Å². The van der Waals surface area contributed by atoms with Crippen molar-refractivity contribution in [2.45, 2.75) is 58.7 Å². The number of hydrogen-bond acceptors (Lipinski definition) is 4. The molecule has 8 heteroatoms. The zero-order chi connectivity index (χ0) is 22.1. The molecule has 1 fully saturated rings. The molecule has 1 aliphatic carbocycles. The predicted octanol–water partition coefficient (Wildman–Crippen LogP) is 3.33. The average Bonchev–Trinajstić information content (AvgIpc) is 3.19. The van der Waals surface area contributed by atoms with Gasteiger partial charge in [0.1, 0.15) is 5.75 Å². The van der Waals surface area contributed by atoms with E-state index in [0.29, 0.717) is 25.6 Å². The summed E-state index contributed by atoms with van der Waals surface area (Å²) >= 11 is 0. The monoisotopic (exact) mass is 546 g/mol. The van der Waals surface area contributed by atoms with E-state index in [1.807, 2.05) is 59.1 Å². The topological polar surface area (TPSA) is 86.2 Å². The van der Waals surface area contributed by atoms with E-state index in [9.17, 15) is 9.90 Å². The molecule has 0 bridgehead atoms. The Balaban J connectivity index is 0.00000480. The van der Waals surface area contributed by atoms with Crippen molar-refractivity contribution in [3.8, 4) is 5.75 Å². The minimum Gasteiger partial charge on any atom is -0.491 e. The fourth-order valence-electron chi connectivity index (χ4n) is 3.92. The summed E-state index contributed by atoms with van der Waals surface area (Å²) in [4.78, 5) is 19.1. The van der Waals surface area contributed by atoms with Gasteiger partial charge in [-0.3, -0.25) is 9.79 Å². The van der Waals surface area contributed by atoms with E-state index in [2.05, 4.69) is 10.6 Å². The normalized spacial score (nSPS) is 16.4. The Morgan fingerprint density at radius 2 is 1.94 bits per heavy atom. The Hall–Kier alpha value is -1.55. The second kappa shape index (κ2) is 13.1. The van der Waals surface area contributed by atoms with Crippen molar-refractivity contribution < 1.29 is 14.6 Å². The highest BCUT2D eigenvalue weighted by Crippen LogP contribution is 2.39. The van der Waals surface area contributed by atoms with Gasteiger partial charge >= 0.3 is 0 Å². The Bertz CT molecular complexity index is 719. The number of nitrogens with one attached hydrogen (secondary N) is 2. The molecule has 2 rings (SSSR count). The van der Waals surface area contributed by atoms with Gasteiger partial charge in [0.05, 0.1) is 24.2 Å². The Morgan fingerprint density at radius 1 is 1.26 bits per heavy atom. The molecule has 1 aliphatic rings. The van der Waals surface area contributed by atoms with Gasteiger partial charge in [0.15, 0.2) is 5.96 Å². The molecule has 1 aromatic carbocycles. The molecule has 31 heavy (non-hydrogen) atoms. The predicted molar refractivity (Wildman–Crippen MR) is 136 cm³/mol. The molecule has 1 saturated carbocycles. The third-order valence-electron chi connectivity index (χ3n) is 5.38. The summed E-state index contributed by atoms with van der Waals surface area (Å²) < 4.78 is 5.71. The van der Waals surface area contributed by atoms with E-state index in [1.165, 1.54) is 0 Å². The number of rotatable bonds is 9. The van der Waals surface area contributed by atoms with Crippen LogP contribution in [0.3, 0.4) is 0 Å². The molecule has 0 saturated heterocycles. The molecule has 0 aromatic heterocycles. The van der Waals surface area contributed by atoms with Crippen LogP contribution in [0.15, 0.2) is 29.3 Å². The summed E-state index contributed by atoms with van der Waals surface area (Å²) in [5.41, 5.74) is 0.374. The van der Waals surface area contributed by atoms with Crippen molar-refractivity contribution in [1.29, 1.82) is 0 Å². The van der Waals surface area contributed by atoms with Crippen LogP contribution in [0, 0.1) is 5.41 Å². The number of carbonyl (C=O) groups excluding carboxylic acids is 1. The summed E-state index contributed by atoms with van der Waals surface area (Å²) in [6.07, 6.45) is 3.25. The van der Waals surface area contributed by atoms with Gasteiger partial charge in [0.2, 0.25) is 5.91 Å². The number of benzene rings is 1. The van der Waals surface area contributed by atoms with Gasteiger partial charge in [-0.15, -0.1) is 24.0 Å². The zero-order valence-electron chi connectivity index (χ0n) is 19.5. The maximum atomic E-state index is 12.8. The van der Waals surface area contributed by atoms with E-state index in [1.54, 1.807) is 4.90 Å². The van der Waals surface area contributed by atoms with Gasteiger partial charge in [0, 0.05) is 27.2 Å². The molecular formula is C23H39IN4O3. The van der Waals surface area contributed by atoms with Crippen LogP contribution in [-0.2, 0) is 4.79 Å². The van der Waals surface area contributed by atoms with Crippen LogP contribution in [0.2, 0.25) is 0 Å². The number of halogens is 1. The number of amides is 1. The minimum atomic E-state index is -0.701. The summed E-state index contributed by atoms with van der Waals surface area (Å²) in [7, 11) is 3.62. The Morgan fingerprint density at radius 3 is 2.52 bits per heavy atom. The number of carbonyl (C=O) groups is 1. The zero-order valence-corrected chi connectivity index (χ0v) is 21.8.